The van der Waals surface area contributed by atoms with Crippen LogP contribution >= 0.6 is 0 Å². The molecule has 1 saturated carbocycles. The topological polar surface area (TPSA) is 21.3 Å². The van der Waals surface area contributed by atoms with E-state index in [0.29, 0.717) is 6.04 Å². The normalized spacial score (nSPS) is 23.3. The van der Waals surface area contributed by atoms with Crippen molar-refractivity contribution in [1.29, 1.82) is 0 Å². The summed E-state index contributed by atoms with van der Waals surface area (Å²) in [6.45, 7) is 6.29. The van der Waals surface area contributed by atoms with Gasteiger partial charge in [-0.25, -0.2) is 0 Å². The number of hydrogen-bond donors (Lipinski definition) is 1. The van der Waals surface area contributed by atoms with Crippen molar-refractivity contribution in [3.63, 3.8) is 0 Å². The summed E-state index contributed by atoms with van der Waals surface area (Å²) in [7, 11) is 0. The molecule has 0 heterocycles. The molecule has 0 bridgehead atoms. The molecule has 0 aromatic heterocycles. The Kier molecular flexibility index (Phi) is 6.38. The first-order chi connectivity index (χ1) is 9.79. The number of nitrogens with one attached hydrogen (secondary N) is 1. The van der Waals surface area contributed by atoms with Gasteiger partial charge in [0.15, 0.2) is 0 Å². The van der Waals surface area contributed by atoms with E-state index < -0.39 is 0 Å². The smallest absolute Gasteiger partial charge is 0.119 e. The fourth-order valence-corrected chi connectivity index (χ4v) is 3.01. The lowest BCUT2D eigenvalue weighted by Crippen LogP contribution is -2.33. The summed E-state index contributed by atoms with van der Waals surface area (Å²) >= 11 is 0. The molecule has 1 aliphatic carbocycles. The number of rotatable bonds is 6. The molecule has 2 nitrogen and oxygen atoms in total. The molecule has 0 spiro atoms. The highest BCUT2D eigenvalue weighted by Crippen LogP contribution is 2.23. The second-order valence-electron chi connectivity index (χ2n) is 6.10. The van der Waals surface area contributed by atoms with Gasteiger partial charge in [-0.15, -0.1) is 0 Å². The van der Waals surface area contributed by atoms with Gasteiger partial charge in [0.1, 0.15) is 5.75 Å². The largest absolute Gasteiger partial charge is 0.494 e. The van der Waals surface area contributed by atoms with Gasteiger partial charge in [0, 0.05) is 12.6 Å². The third-order valence-corrected chi connectivity index (χ3v) is 4.30. The van der Waals surface area contributed by atoms with Gasteiger partial charge in [0.05, 0.1) is 6.61 Å². The molecule has 2 rings (SSSR count). The Bertz CT molecular complexity index is 391. The van der Waals surface area contributed by atoms with Crippen molar-refractivity contribution in [3.05, 3.63) is 29.8 Å². The maximum absolute atomic E-state index is 5.70. The summed E-state index contributed by atoms with van der Waals surface area (Å²) in [5, 5.41) is 3.76. The van der Waals surface area contributed by atoms with Crippen molar-refractivity contribution in [2.45, 2.75) is 65.0 Å². The summed E-state index contributed by atoms with van der Waals surface area (Å²) in [5.41, 5.74) is 1.33. The monoisotopic (exact) mass is 275 g/mol. The number of hydrogen-bond acceptors (Lipinski definition) is 2. The molecule has 1 aromatic rings. The van der Waals surface area contributed by atoms with E-state index in [1.807, 2.05) is 6.07 Å². The Morgan fingerprint density at radius 1 is 1.20 bits per heavy atom. The van der Waals surface area contributed by atoms with Crippen LogP contribution in [0.15, 0.2) is 24.3 Å². The molecule has 0 saturated heterocycles. The van der Waals surface area contributed by atoms with Gasteiger partial charge in [0.2, 0.25) is 0 Å². The van der Waals surface area contributed by atoms with Crippen molar-refractivity contribution in [3.8, 4) is 5.75 Å². The van der Waals surface area contributed by atoms with E-state index in [0.717, 1.165) is 31.2 Å². The van der Waals surface area contributed by atoms with Gasteiger partial charge in [-0.05, 0) is 42.9 Å². The van der Waals surface area contributed by atoms with E-state index in [9.17, 15) is 0 Å². The third kappa shape index (κ3) is 4.82. The van der Waals surface area contributed by atoms with Crippen molar-refractivity contribution in [1.82, 2.24) is 5.32 Å². The molecule has 2 heteroatoms. The van der Waals surface area contributed by atoms with Crippen LogP contribution in [-0.2, 0) is 6.54 Å². The molecule has 0 aliphatic heterocycles. The highest BCUT2D eigenvalue weighted by Gasteiger charge is 2.18. The van der Waals surface area contributed by atoms with Crippen molar-refractivity contribution < 1.29 is 4.74 Å². The minimum atomic E-state index is 0.678. The first-order valence-corrected chi connectivity index (χ1v) is 8.24. The quantitative estimate of drug-likeness (QED) is 0.770. The highest BCUT2D eigenvalue weighted by molar-refractivity contribution is 5.28. The fraction of sp³-hybridized carbons (Fsp3) is 0.667. The van der Waals surface area contributed by atoms with E-state index in [1.165, 1.54) is 37.7 Å². The zero-order valence-corrected chi connectivity index (χ0v) is 13.0. The molecule has 2 unspecified atom stereocenters. The average molecular weight is 275 g/mol. The van der Waals surface area contributed by atoms with Crippen LogP contribution in [0.3, 0.4) is 0 Å². The molecule has 2 atom stereocenters. The Morgan fingerprint density at radius 2 is 2.05 bits per heavy atom. The predicted molar refractivity (Wildman–Crippen MR) is 85.1 cm³/mol. The Hall–Kier alpha value is -1.02. The maximum Gasteiger partial charge on any atom is 0.119 e. The lowest BCUT2D eigenvalue weighted by molar-refractivity contribution is 0.316. The fourth-order valence-electron chi connectivity index (χ4n) is 3.01. The van der Waals surface area contributed by atoms with Crippen molar-refractivity contribution >= 4 is 0 Å². The molecule has 1 aromatic carbocycles. The molecular weight excluding hydrogens is 246 g/mol. The molecule has 112 valence electrons. The number of benzene rings is 1. The standard InChI is InChI=1S/C18H29NO/c1-3-12-20-17-10-7-9-16(13-17)14-19-18-11-6-4-5-8-15(18)2/h7,9-10,13,15,18-19H,3-6,8,11-12,14H2,1-2H3. The van der Waals surface area contributed by atoms with E-state index in [2.05, 4.69) is 37.4 Å². The Morgan fingerprint density at radius 3 is 2.90 bits per heavy atom. The summed E-state index contributed by atoms with van der Waals surface area (Å²) < 4.78 is 5.70. The minimum absolute atomic E-state index is 0.678. The van der Waals surface area contributed by atoms with Gasteiger partial charge in [-0.2, -0.15) is 0 Å². The van der Waals surface area contributed by atoms with Crippen LogP contribution in [0.4, 0.5) is 0 Å². The first-order valence-electron chi connectivity index (χ1n) is 8.24. The summed E-state index contributed by atoms with van der Waals surface area (Å²) in [4.78, 5) is 0. The van der Waals surface area contributed by atoms with Crippen LogP contribution in [0.5, 0.6) is 5.75 Å². The molecule has 1 fully saturated rings. The van der Waals surface area contributed by atoms with Gasteiger partial charge in [0.25, 0.3) is 0 Å². The summed E-state index contributed by atoms with van der Waals surface area (Å²) in [6, 6.07) is 9.18. The maximum atomic E-state index is 5.70. The molecule has 1 aliphatic rings. The molecule has 0 radical (unpaired) electrons. The third-order valence-electron chi connectivity index (χ3n) is 4.30. The van der Waals surface area contributed by atoms with Gasteiger partial charge in [-0.1, -0.05) is 45.2 Å². The van der Waals surface area contributed by atoms with Gasteiger partial charge >= 0.3 is 0 Å². The van der Waals surface area contributed by atoms with Crippen LogP contribution < -0.4 is 10.1 Å². The van der Waals surface area contributed by atoms with Crippen LogP contribution in [0, 0.1) is 5.92 Å². The second kappa shape index (κ2) is 8.31. The predicted octanol–water partition coefficient (Wildman–Crippen LogP) is 4.53. The van der Waals surface area contributed by atoms with Gasteiger partial charge in [-0.3, -0.25) is 0 Å². The zero-order chi connectivity index (χ0) is 14.2. The highest BCUT2D eigenvalue weighted by atomic mass is 16.5. The molecule has 20 heavy (non-hydrogen) atoms. The Balaban J connectivity index is 1.86. The first kappa shape index (κ1) is 15.4. The average Bonchev–Trinajstić information content (AvgIpc) is 2.68. The van der Waals surface area contributed by atoms with Crippen molar-refractivity contribution in [2.75, 3.05) is 6.61 Å². The minimum Gasteiger partial charge on any atom is -0.494 e. The van der Waals surface area contributed by atoms with E-state index in [-0.39, 0.29) is 0 Å². The molecule has 0 amide bonds. The van der Waals surface area contributed by atoms with Gasteiger partial charge < -0.3 is 10.1 Å². The molecule has 1 N–H and O–H groups in total. The zero-order valence-electron chi connectivity index (χ0n) is 13.0. The molecular formula is C18H29NO. The van der Waals surface area contributed by atoms with E-state index in [1.54, 1.807) is 0 Å². The lowest BCUT2D eigenvalue weighted by atomic mass is 9.97. The Labute approximate surface area is 123 Å². The van der Waals surface area contributed by atoms with Crippen LogP contribution in [0.2, 0.25) is 0 Å². The van der Waals surface area contributed by atoms with E-state index >= 15 is 0 Å². The summed E-state index contributed by atoms with van der Waals surface area (Å²) in [5.74, 6) is 1.80. The lowest BCUT2D eigenvalue weighted by Gasteiger charge is -2.23. The second-order valence-corrected chi connectivity index (χ2v) is 6.10. The summed E-state index contributed by atoms with van der Waals surface area (Å²) in [6.07, 6.45) is 7.94. The van der Waals surface area contributed by atoms with Crippen LogP contribution in [0.25, 0.3) is 0 Å². The number of ether oxygens (including phenoxy) is 1. The van der Waals surface area contributed by atoms with Crippen LogP contribution in [-0.4, -0.2) is 12.6 Å². The van der Waals surface area contributed by atoms with E-state index in [4.69, 9.17) is 4.74 Å². The van der Waals surface area contributed by atoms with Crippen LogP contribution in [0.1, 0.15) is 57.9 Å². The SMILES string of the molecule is CCCOc1cccc(CNC2CCCCCC2C)c1. The van der Waals surface area contributed by atoms with Crippen molar-refractivity contribution in [2.24, 2.45) is 5.92 Å².